The van der Waals surface area contributed by atoms with Gasteiger partial charge in [-0.15, -0.1) is 0 Å². The Kier molecular flexibility index (Phi) is 4.69. The molecule has 24 heavy (non-hydrogen) atoms. The number of benzene rings is 2. The predicted octanol–water partition coefficient (Wildman–Crippen LogP) is 2.84. The number of carboxylic acid groups (broad SMARTS) is 1. The Morgan fingerprint density at radius 1 is 0.958 bits per heavy atom. The fourth-order valence-corrected chi connectivity index (χ4v) is 4.48. The van der Waals surface area contributed by atoms with E-state index in [1.807, 2.05) is 36.4 Å². The van der Waals surface area contributed by atoms with Gasteiger partial charge in [0.15, 0.2) is 0 Å². The normalized spacial score (nSPS) is 16.8. The predicted molar refractivity (Wildman–Crippen MR) is 91.0 cm³/mol. The summed E-state index contributed by atoms with van der Waals surface area (Å²) in [6.45, 7) is 0.490. The van der Waals surface area contributed by atoms with E-state index in [9.17, 15) is 13.2 Å². The van der Waals surface area contributed by atoms with Crippen molar-refractivity contribution in [2.24, 2.45) is 5.92 Å². The van der Waals surface area contributed by atoms with Crippen LogP contribution in [0.1, 0.15) is 12.8 Å². The van der Waals surface area contributed by atoms with Crippen molar-refractivity contribution < 1.29 is 18.3 Å². The minimum Gasteiger partial charge on any atom is -0.481 e. The molecule has 0 saturated carbocycles. The van der Waals surface area contributed by atoms with Gasteiger partial charge in [0.2, 0.25) is 10.0 Å². The molecule has 0 aliphatic carbocycles. The number of nitrogens with zero attached hydrogens (tertiary/aromatic N) is 1. The summed E-state index contributed by atoms with van der Waals surface area (Å²) in [6.07, 6.45) is 0.708. The zero-order chi connectivity index (χ0) is 17.2. The van der Waals surface area contributed by atoms with Crippen LogP contribution >= 0.6 is 0 Å². The van der Waals surface area contributed by atoms with Crippen LogP contribution in [0.15, 0.2) is 59.5 Å². The molecule has 1 aliphatic heterocycles. The van der Waals surface area contributed by atoms with Crippen molar-refractivity contribution in [3.05, 3.63) is 54.6 Å². The van der Waals surface area contributed by atoms with Crippen molar-refractivity contribution in [1.82, 2.24) is 4.31 Å². The smallest absolute Gasteiger partial charge is 0.306 e. The van der Waals surface area contributed by atoms with Crippen LogP contribution in [0.5, 0.6) is 0 Å². The van der Waals surface area contributed by atoms with Gasteiger partial charge in [-0.1, -0.05) is 42.5 Å². The first kappa shape index (κ1) is 16.7. The lowest BCUT2D eigenvalue weighted by molar-refractivity contribution is -0.142. The number of carboxylic acids is 1. The first-order chi connectivity index (χ1) is 11.5. The fraction of sp³-hybridized carbons (Fsp3) is 0.278. The number of aliphatic carboxylic acids is 1. The van der Waals surface area contributed by atoms with E-state index in [1.165, 1.54) is 4.31 Å². The molecule has 0 radical (unpaired) electrons. The number of hydrogen-bond acceptors (Lipinski definition) is 3. The van der Waals surface area contributed by atoms with Crippen LogP contribution in [-0.4, -0.2) is 36.9 Å². The molecule has 3 rings (SSSR count). The van der Waals surface area contributed by atoms with Gasteiger partial charge in [0.05, 0.1) is 10.8 Å². The van der Waals surface area contributed by atoms with Crippen LogP contribution in [0.4, 0.5) is 0 Å². The van der Waals surface area contributed by atoms with Crippen molar-refractivity contribution in [3.63, 3.8) is 0 Å². The van der Waals surface area contributed by atoms with E-state index in [4.69, 9.17) is 5.11 Å². The summed E-state index contributed by atoms with van der Waals surface area (Å²) in [7, 11) is -3.60. The van der Waals surface area contributed by atoms with Crippen molar-refractivity contribution in [2.45, 2.75) is 17.7 Å². The zero-order valence-corrected chi connectivity index (χ0v) is 13.9. The first-order valence-corrected chi connectivity index (χ1v) is 9.31. The molecule has 1 heterocycles. The van der Waals surface area contributed by atoms with Crippen LogP contribution in [0.3, 0.4) is 0 Å². The average molecular weight is 345 g/mol. The van der Waals surface area contributed by atoms with Crippen molar-refractivity contribution in [1.29, 1.82) is 0 Å². The number of hydrogen-bond donors (Lipinski definition) is 1. The molecule has 0 aromatic heterocycles. The molecule has 2 aromatic rings. The van der Waals surface area contributed by atoms with Gasteiger partial charge < -0.3 is 5.11 Å². The van der Waals surface area contributed by atoms with Gasteiger partial charge in [-0.05, 0) is 36.1 Å². The SMILES string of the molecule is O=C(O)C1CCN(S(=O)(=O)c2cccc(-c3ccccc3)c2)CC1. The lowest BCUT2D eigenvalue weighted by Crippen LogP contribution is -2.40. The topological polar surface area (TPSA) is 74.7 Å². The quantitative estimate of drug-likeness (QED) is 0.924. The Bertz CT molecular complexity index is 825. The summed E-state index contributed by atoms with van der Waals surface area (Å²) < 4.78 is 27.0. The van der Waals surface area contributed by atoms with Crippen molar-refractivity contribution in [3.8, 4) is 11.1 Å². The lowest BCUT2D eigenvalue weighted by Gasteiger charge is -2.29. The van der Waals surface area contributed by atoms with Gasteiger partial charge in [0, 0.05) is 13.1 Å². The molecule has 2 aromatic carbocycles. The Morgan fingerprint density at radius 3 is 2.21 bits per heavy atom. The number of carbonyl (C=O) groups is 1. The molecular weight excluding hydrogens is 326 g/mol. The third-order valence-electron chi connectivity index (χ3n) is 4.38. The maximum absolute atomic E-state index is 12.8. The summed E-state index contributed by atoms with van der Waals surface area (Å²) in [4.78, 5) is 11.3. The summed E-state index contributed by atoms with van der Waals surface area (Å²) in [5.74, 6) is -1.30. The molecule has 0 amide bonds. The maximum Gasteiger partial charge on any atom is 0.306 e. The lowest BCUT2D eigenvalue weighted by atomic mass is 9.99. The Balaban J connectivity index is 1.85. The van der Waals surface area contributed by atoms with E-state index in [1.54, 1.807) is 18.2 Å². The fourth-order valence-electron chi connectivity index (χ4n) is 2.96. The summed E-state index contributed by atoms with van der Waals surface area (Å²) in [5.41, 5.74) is 1.80. The molecule has 0 unspecified atom stereocenters. The summed E-state index contributed by atoms with van der Waals surface area (Å²) >= 11 is 0. The highest BCUT2D eigenvalue weighted by atomic mass is 32.2. The highest BCUT2D eigenvalue weighted by molar-refractivity contribution is 7.89. The van der Waals surface area contributed by atoms with Crippen LogP contribution in [0.2, 0.25) is 0 Å². The van der Waals surface area contributed by atoms with Gasteiger partial charge in [-0.2, -0.15) is 4.31 Å². The Morgan fingerprint density at radius 2 is 1.58 bits per heavy atom. The highest BCUT2D eigenvalue weighted by Gasteiger charge is 2.32. The second-order valence-electron chi connectivity index (χ2n) is 5.91. The van der Waals surface area contributed by atoms with E-state index in [2.05, 4.69) is 0 Å². The van der Waals surface area contributed by atoms with E-state index in [-0.39, 0.29) is 18.0 Å². The molecule has 126 valence electrons. The van der Waals surface area contributed by atoms with Crippen LogP contribution < -0.4 is 0 Å². The largest absolute Gasteiger partial charge is 0.481 e. The highest BCUT2D eigenvalue weighted by Crippen LogP contribution is 2.27. The molecule has 1 fully saturated rings. The number of piperidine rings is 1. The second-order valence-corrected chi connectivity index (χ2v) is 7.85. The Hall–Kier alpha value is -2.18. The van der Waals surface area contributed by atoms with Gasteiger partial charge >= 0.3 is 5.97 Å². The number of rotatable bonds is 4. The monoisotopic (exact) mass is 345 g/mol. The van der Waals surface area contributed by atoms with E-state index < -0.39 is 21.9 Å². The molecule has 5 nitrogen and oxygen atoms in total. The number of sulfonamides is 1. The molecule has 0 atom stereocenters. The minimum absolute atomic E-state index is 0.245. The van der Waals surface area contributed by atoms with Crippen molar-refractivity contribution >= 4 is 16.0 Å². The summed E-state index contributed by atoms with van der Waals surface area (Å²) in [6, 6.07) is 16.5. The first-order valence-electron chi connectivity index (χ1n) is 7.87. The van der Waals surface area contributed by atoms with Crippen LogP contribution in [-0.2, 0) is 14.8 Å². The minimum atomic E-state index is -3.60. The molecule has 1 aliphatic rings. The van der Waals surface area contributed by atoms with E-state index >= 15 is 0 Å². The van der Waals surface area contributed by atoms with Gasteiger partial charge in [0.1, 0.15) is 0 Å². The standard InChI is InChI=1S/C18H19NO4S/c20-18(21)15-9-11-19(12-10-15)24(22,23)17-8-4-7-16(13-17)14-5-2-1-3-6-14/h1-8,13,15H,9-12H2,(H,20,21). The third kappa shape index (κ3) is 3.34. The van der Waals surface area contributed by atoms with Crippen molar-refractivity contribution in [2.75, 3.05) is 13.1 Å². The second kappa shape index (κ2) is 6.75. The van der Waals surface area contributed by atoms with E-state index in [0.717, 1.165) is 11.1 Å². The van der Waals surface area contributed by atoms with Gasteiger partial charge in [0.25, 0.3) is 0 Å². The van der Waals surface area contributed by atoms with Gasteiger partial charge in [-0.25, -0.2) is 8.42 Å². The molecule has 1 N–H and O–H groups in total. The molecule has 0 bridgehead atoms. The maximum atomic E-state index is 12.8. The van der Waals surface area contributed by atoms with Crippen LogP contribution in [0, 0.1) is 5.92 Å². The van der Waals surface area contributed by atoms with Crippen LogP contribution in [0.25, 0.3) is 11.1 Å². The molecule has 1 saturated heterocycles. The van der Waals surface area contributed by atoms with E-state index in [0.29, 0.717) is 12.8 Å². The summed E-state index contributed by atoms with van der Waals surface area (Å²) in [5, 5.41) is 9.04. The molecule has 6 heteroatoms. The zero-order valence-electron chi connectivity index (χ0n) is 13.1. The Labute approximate surface area is 141 Å². The average Bonchev–Trinajstić information content (AvgIpc) is 2.62. The van der Waals surface area contributed by atoms with Gasteiger partial charge in [-0.3, -0.25) is 4.79 Å². The third-order valence-corrected chi connectivity index (χ3v) is 6.28. The molecular formula is C18H19NO4S. The molecule has 0 spiro atoms.